The summed E-state index contributed by atoms with van der Waals surface area (Å²) in [4.78, 5) is 21.8. The van der Waals surface area contributed by atoms with Gasteiger partial charge in [-0.25, -0.2) is 4.99 Å². The van der Waals surface area contributed by atoms with Crippen molar-refractivity contribution in [1.29, 1.82) is 0 Å². The maximum atomic E-state index is 11.6. The smallest absolute Gasteiger partial charge is 0.224 e. The van der Waals surface area contributed by atoms with Crippen LogP contribution in [-0.4, -0.2) is 29.3 Å². The first-order valence-corrected chi connectivity index (χ1v) is 8.91. The first kappa shape index (κ1) is 15.7. The van der Waals surface area contributed by atoms with Gasteiger partial charge in [0, 0.05) is 36.2 Å². The maximum Gasteiger partial charge on any atom is 0.224 e. The van der Waals surface area contributed by atoms with Crippen molar-refractivity contribution in [2.24, 2.45) is 4.99 Å². The molecule has 1 atom stereocenters. The van der Waals surface area contributed by atoms with Crippen molar-refractivity contribution in [3.05, 3.63) is 36.5 Å². The van der Waals surface area contributed by atoms with Crippen LogP contribution in [0.2, 0.25) is 0 Å². The van der Waals surface area contributed by atoms with Gasteiger partial charge in [0.2, 0.25) is 5.91 Å². The first-order valence-electron chi connectivity index (χ1n) is 8.91. The minimum atomic E-state index is 0.00530. The number of hydrogen-bond donors (Lipinski definition) is 3. The molecule has 1 aliphatic carbocycles. The number of nitrogens with zero attached hydrogens (tertiary/aromatic N) is 2. The Labute approximate surface area is 147 Å². The van der Waals surface area contributed by atoms with Crippen molar-refractivity contribution in [3.8, 4) is 0 Å². The Morgan fingerprint density at radius 1 is 1.32 bits per heavy atom. The van der Waals surface area contributed by atoms with Gasteiger partial charge in [-0.05, 0) is 43.5 Å². The van der Waals surface area contributed by atoms with Gasteiger partial charge in [-0.15, -0.1) is 0 Å². The van der Waals surface area contributed by atoms with Gasteiger partial charge in [0.25, 0.3) is 0 Å². The summed E-state index contributed by atoms with van der Waals surface area (Å²) >= 11 is 0. The van der Waals surface area contributed by atoms with Crippen LogP contribution in [0, 0.1) is 0 Å². The first-order chi connectivity index (χ1) is 12.2. The standard InChI is InChI=1S/C19H23N5O/c1-2-18(25)23-14-6-3-5-13(11-14)22-17-12-21-19-16(9-10-20-19)24(17)15-7-4-8-15/h3,5-6,9-12,15,17,20,22H,2,4,7-8H2,1H3,(H,23,25). The molecular weight excluding hydrogens is 314 g/mol. The molecule has 1 aliphatic heterocycles. The Hall–Kier alpha value is -2.76. The average molecular weight is 337 g/mol. The molecule has 25 heavy (non-hydrogen) atoms. The number of aromatic nitrogens is 1. The minimum absolute atomic E-state index is 0.00530. The van der Waals surface area contributed by atoms with E-state index >= 15 is 0 Å². The van der Waals surface area contributed by atoms with E-state index in [1.165, 1.54) is 19.3 Å². The zero-order chi connectivity index (χ0) is 17.2. The molecule has 3 N–H and O–H groups in total. The highest BCUT2D eigenvalue weighted by Crippen LogP contribution is 2.38. The van der Waals surface area contributed by atoms with Crippen molar-refractivity contribution in [2.75, 3.05) is 15.5 Å². The Kier molecular flexibility index (Phi) is 4.17. The van der Waals surface area contributed by atoms with E-state index in [1.807, 2.05) is 43.6 Å². The fourth-order valence-electron chi connectivity index (χ4n) is 3.33. The van der Waals surface area contributed by atoms with E-state index in [0.29, 0.717) is 12.5 Å². The second-order valence-corrected chi connectivity index (χ2v) is 6.55. The third-order valence-corrected chi connectivity index (χ3v) is 4.88. The predicted octanol–water partition coefficient (Wildman–Crippen LogP) is 3.88. The monoisotopic (exact) mass is 337 g/mol. The number of hydrogen-bond acceptors (Lipinski definition) is 4. The fourth-order valence-corrected chi connectivity index (χ4v) is 3.33. The van der Waals surface area contributed by atoms with Crippen LogP contribution in [0.4, 0.5) is 22.9 Å². The molecule has 4 rings (SSSR count). The van der Waals surface area contributed by atoms with Crippen LogP contribution in [0.1, 0.15) is 32.6 Å². The molecule has 1 amide bonds. The van der Waals surface area contributed by atoms with E-state index in [4.69, 9.17) is 0 Å². The molecule has 1 fully saturated rings. The molecule has 1 saturated carbocycles. The van der Waals surface area contributed by atoms with Gasteiger partial charge in [0.05, 0.1) is 5.69 Å². The number of carbonyl (C=O) groups excluding carboxylic acids is 1. The highest BCUT2D eigenvalue weighted by molar-refractivity contribution is 5.91. The molecule has 1 aromatic heterocycles. The molecule has 2 aliphatic rings. The number of carbonyl (C=O) groups is 1. The van der Waals surface area contributed by atoms with Crippen LogP contribution >= 0.6 is 0 Å². The summed E-state index contributed by atoms with van der Waals surface area (Å²) in [6.45, 7) is 1.85. The molecule has 0 saturated heterocycles. The van der Waals surface area contributed by atoms with Gasteiger partial charge in [-0.2, -0.15) is 0 Å². The Morgan fingerprint density at radius 3 is 2.92 bits per heavy atom. The lowest BCUT2D eigenvalue weighted by Gasteiger charge is -2.44. The van der Waals surface area contributed by atoms with Crippen LogP contribution in [0.5, 0.6) is 0 Å². The number of anilines is 3. The van der Waals surface area contributed by atoms with Crippen LogP contribution in [0.15, 0.2) is 41.5 Å². The molecule has 6 nitrogen and oxygen atoms in total. The van der Waals surface area contributed by atoms with E-state index in [2.05, 4.69) is 31.6 Å². The molecule has 1 aromatic carbocycles. The Morgan fingerprint density at radius 2 is 2.16 bits per heavy atom. The molecule has 130 valence electrons. The van der Waals surface area contributed by atoms with E-state index in [9.17, 15) is 4.79 Å². The zero-order valence-corrected chi connectivity index (χ0v) is 14.3. The number of aliphatic imine (C=N–C) groups is 1. The van der Waals surface area contributed by atoms with Gasteiger partial charge in [-0.3, -0.25) is 4.79 Å². The molecule has 0 bridgehead atoms. The number of amides is 1. The molecule has 1 unspecified atom stereocenters. The largest absolute Gasteiger partial charge is 0.361 e. The van der Waals surface area contributed by atoms with E-state index in [1.54, 1.807) is 0 Å². The summed E-state index contributed by atoms with van der Waals surface area (Å²) in [5.74, 6) is 0.943. The lowest BCUT2D eigenvalue weighted by molar-refractivity contribution is -0.115. The number of rotatable bonds is 5. The molecule has 2 aromatic rings. The number of nitrogens with one attached hydrogen (secondary N) is 3. The van der Waals surface area contributed by atoms with Crippen molar-refractivity contribution < 1.29 is 4.79 Å². The highest BCUT2D eigenvalue weighted by atomic mass is 16.1. The van der Waals surface area contributed by atoms with E-state index in [-0.39, 0.29) is 12.1 Å². The van der Waals surface area contributed by atoms with Gasteiger partial charge >= 0.3 is 0 Å². The van der Waals surface area contributed by atoms with Gasteiger partial charge in [-0.1, -0.05) is 13.0 Å². The van der Waals surface area contributed by atoms with E-state index < -0.39 is 0 Å². The summed E-state index contributed by atoms with van der Waals surface area (Å²) in [6.07, 6.45) is 8.07. The Bertz CT molecular complexity index is 793. The van der Waals surface area contributed by atoms with E-state index in [0.717, 1.165) is 22.9 Å². The zero-order valence-electron chi connectivity index (χ0n) is 14.3. The topological polar surface area (TPSA) is 72.5 Å². The van der Waals surface area contributed by atoms with Crippen molar-refractivity contribution in [3.63, 3.8) is 0 Å². The van der Waals surface area contributed by atoms with Crippen molar-refractivity contribution in [2.45, 2.75) is 44.8 Å². The summed E-state index contributed by atoms with van der Waals surface area (Å²) < 4.78 is 0. The molecular formula is C19H23N5O. The van der Waals surface area contributed by atoms with Gasteiger partial charge < -0.3 is 20.5 Å². The average Bonchev–Trinajstić information content (AvgIpc) is 3.04. The van der Waals surface area contributed by atoms with Crippen molar-refractivity contribution in [1.82, 2.24) is 4.98 Å². The number of H-pyrrole nitrogens is 1. The van der Waals surface area contributed by atoms with Crippen LogP contribution in [0.25, 0.3) is 0 Å². The van der Waals surface area contributed by atoms with Crippen LogP contribution < -0.4 is 15.5 Å². The molecule has 0 radical (unpaired) electrons. The third-order valence-electron chi connectivity index (χ3n) is 4.88. The maximum absolute atomic E-state index is 11.6. The number of benzene rings is 1. The summed E-state index contributed by atoms with van der Waals surface area (Å²) in [5.41, 5.74) is 2.93. The third kappa shape index (κ3) is 3.12. The normalized spacial score (nSPS) is 19.2. The Balaban J connectivity index is 1.55. The highest BCUT2D eigenvalue weighted by Gasteiger charge is 2.33. The molecule has 6 heteroatoms. The van der Waals surface area contributed by atoms with Gasteiger partial charge in [0.15, 0.2) is 5.82 Å². The molecule has 2 heterocycles. The predicted molar refractivity (Wildman–Crippen MR) is 102 cm³/mol. The van der Waals surface area contributed by atoms with Crippen LogP contribution in [0.3, 0.4) is 0 Å². The summed E-state index contributed by atoms with van der Waals surface area (Å²) in [7, 11) is 0. The second kappa shape index (κ2) is 6.63. The fraction of sp³-hybridized carbons (Fsp3) is 0.368. The lowest BCUT2D eigenvalue weighted by atomic mass is 9.90. The summed E-state index contributed by atoms with van der Waals surface area (Å²) in [5, 5.41) is 6.46. The number of aromatic amines is 1. The minimum Gasteiger partial charge on any atom is -0.361 e. The van der Waals surface area contributed by atoms with Crippen LogP contribution in [-0.2, 0) is 4.79 Å². The number of fused-ring (bicyclic) bond motifs is 1. The van der Waals surface area contributed by atoms with Gasteiger partial charge in [0.1, 0.15) is 6.17 Å². The summed E-state index contributed by atoms with van der Waals surface area (Å²) in [6, 6.07) is 10.5. The second-order valence-electron chi connectivity index (χ2n) is 6.55. The lowest BCUT2D eigenvalue weighted by Crippen LogP contribution is -2.52. The molecule has 0 spiro atoms. The van der Waals surface area contributed by atoms with Crippen molar-refractivity contribution >= 4 is 35.0 Å². The SMILES string of the molecule is CCC(=O)Nc1cccc(NC2C=Nc3[nH]ccc3N2C2CCC2)c1. The quantitative estimate of drug-likeness (QED) is 0.775.